The Bertz CT molecular complexity index is 8520. The highest BCUT2D eigenvalue weighted by molar-refractivity contribution is 6.21. The van der Waals surface area contributed by atoms with Crippen molar-refractivity contribution in [1.82, 2.24) is 0 Å². The molecule has 134 heavy (non-hydrogen) atoms. The highest BCUT2D eigenvalue weighted by Gasteiger charge is 2.33. The van der Waals surface area contributed by atoms with E-state index in [-0.39, 0.29) is 47.8 Å². The van der Waals surface area contributed by atoms with E-state index in [0.717, 1.165) is 88.1 Å². The first-order valence-electron chi connectivity index (χ1n) is 42.6. The van der Waals surface area contributed by atoms with E-state index in [4.69, 9.17) is 63.1 Å². The average Bonchev–Trinajstić information content (AvgIpc) is 1.61. The van der Waals surface area contributed by atoms with Crippen molar-refractivity contribution in [3.8, 4) is 55.6 Å². The van der Waals surface area contributed by atoms with Crippen molar-refractivity contribution in [2.75, 3.05) is 13.7 Å². The number of Topliss-reactive ketones (excluding diaryl/α,β-unsaturated/α-hetero) is 1. The molecule has 24 nitrogen and oxygen atoms in total. The van der Waals surface area contributed by atoms with Gasteiger partial charge in [0, 0.05) is 92.0 Å². The topological polar surface area (TPSA) is 339 Å². The highest BCUT2D eigenvalue weighted by Crippen LogP contribution is 2.47. The third-order valence-corrected chi connectivity index (χ3v) is 22.3. The quantitative estimate of drug-likeness (QED) is 0.0448. The van der Waals surface area contributed by atoms with Crippen LogP contribution < -0.4 is 28.1 Å². The molecule has 0 radical (unpaired) electrons. The van der Waals surface area contributed by atoms with E-state index < -0.39 is 57.6 Å². The first kappa shape index (κ1) is 88.7. The van der Waals surface area contributed by atoms with Gasteiger partial charge in [-0.15, -0.1) is 0 Å². The number of methoxy groups -OCH3 is 1. The van der Waals surface area contributed by atoms with Gasteiger partial charge in [-0.25, -0.2) is 43.2 Å². The van der Waals surface area contributed by atoms with Gasteiger partial charge < -0.3 is 63.1 Å². The first-order valence-corrected chi connectivity index (χ1v) is 42.6. The lowest BCUT2D eigenvalue weighted by Gasteiger charge is -2.18. The van der Waals surface area contributed by atoms with Gasteiger partial charge in [-0.05, 0) is 184 Å². The molecule has 10 heterocycles. The van der Waals surface area contributed by atoms with Gasteiger partial charge in [0.15, 0.2) is 11.5 Å². The number of hydrogen-bond donors (Lipinski definition) is 0. The Hall–Kier alpha value is -17.3. The fourth-order valence-electron chi connectivity index (χ4n) is 16.4. The predicted molar refractivity (Wildman–Crippen MR) is 510 cm³/mol. The summed E-state index contributed by atoms with van der Waals surface area (Å²) in [5.74, 6) is -1.83. The third kappa shape index (κ3) is 17.6. The van der Waals surface area contributed by atoms with Gasteiger partial charge in [-0.2, -0.15) is 0 Å². The molecule has 0 bridgehead atoms. The number of ketones is 1. The molecule has 0 aliphatic heterocycles. The molecule has 10 aromatic heterocycles. The van der Waals surface area contributed by atoms with E-state index in [1.165, 1.54) is 44.4 Å². The molecule has 0 saturated heterocycles. The number of esters is 4. The van der Waals surface area contributed by atoms with Crippen LogP contribution in [0.15, 0.2) is 341 Å². The number of furan rings is 5. The average molecular weight is 1790 g/mol. The molecule has 11 aromatic carbocycles. The molecule has 21 rings (SSSR count). The monoisotopic (exact) mass is 1790 g/mol. The molecular formula is C110H82O24. The van der Waals surface area contributed by atoms with Gasteiger partial charge in [-0.3, -0.25) is 4.79 Å². The lowest BCUT2D eigenvalue weighted by atomic mass is 9.98. The Morgan fingerprint density at radius 3 is 0.761 bits per heavy atom. The van der Waals surface area contributed by atoms with Crippen LogP contribution in [0, 0.1) is 34.6 Å². The molecule has 0 aliphatic carbocycles. The maximum atomic E-state index is 13.0. The lowest BCUT2D eigenvalue weighted by molar-refractivity contribution is 0.00384. The number of aryl methyl sites for hydroxylation is 5. The zero-order valence-electron chi connectivity index (χ0n) is 74.2. The number of benzene rings is 11. The Kier molecular flexibility index (Phi) is 24.5. The van der Waals surface area contributed by atoms with E-state index in [1.54, 1.807) is 52.0 Å². The van der Waals surface area contributed by atoms with Crippen molar-refractivity contribution in [3.05, 3.63) is 387 Å². The minimum Gasteiger partial charge on any atom is -0.463 e. The summed E-state index contributed by atoms with van der Waals surface area (Å²) in [4.78, 5) is 123. The summed E-state index contributed by atoms with van der Waals surface area (Å²) in [5, 5.41) is 7.01. The van der Waals surface area contributed by atoms with Crippen LogP contribution >= 0.6 is 0 Å². The molecule has 0 fully saturated rings. The normalized spacial score (nSPS) is 11.3. The summed E-state index contributed by atoms with van der Waals surface area (Å²) in [5.41, 5.74) is 13.3. The molecule has 0 amide bonds. The Morgan fingerprint density at radius 1 is 0.284 bits per heavy atom. The summed E-state index contributed by atoms with van der Waals surface area (Å²) in [6.45, 7) is 18.2. The smallest absolute Gasteiger partial charge is 0.375 e. The van der Waals surface area contributed by atoms with Crippen LogP contribution in [0.25, 0.3) is 165 Å². The summed E-state index contributed by atoms with van der Waals surface area (Å²) in [7, 11) is 1.30. The summed E-state index contributed by atoms with van der Waals surface area (Å²) < 4.78 is 77.9. The summed E-state index contributed by atoms with van der Waals surface area (Å²) >= 11 is 0. The minimum absolute atomic E-state index is 0.0776. The number of carbonyl (C=O) groups excluding carboxylic acids is 5. The second-order valence-electron chi connectivity index (χ2n) is 32.5. The van der Waals surface area contributed by atoms with Crippen molar-refractivity contribution in [1.29, 1.82) is 0 Å². The van der Waals surface area contributed by atoms with E-state index in [9.17, 15) is 47.9 Å². The van der Waals surface area contributed by atoms with Crippen molar-refractivity contribution in [2.24, 2.45) is 0 Å². The van der Waals surface area contributed by atoms with Gasteiger partial charge in [0.1, 0.15) is 68.0 Å². The van der Waals surface area contributed by atoms with E-state index in [0.29, 0.717) is 111 Å². The minimum atomic E-state index is -0.671. The maximum Gasteiger partial charge on any atom is 0.375 e. The Balaban J connectivity index is 0.000000117. The molecule has 0 aliphatic rings. The third-order valence-electron chi connectivity index (χ3n) is 22.3. The lowest BCUT2D eigenvalue weighted by Crippen LogP contribution is -2.23. The van der Waals surface area contributed by atoms with Gasteiger partial charge >= 0.3 is 52.0 Å². The SMILES string of the molecule is CC(=O)c1oc2ccc3c(C)cc(=O)oc3c2c1-c1ccccc1.CCOC(=O)c1oc2ccc3c(C)cc(=O)oc3c2c1-c1ccccc1.COC(=O)c1oc2ccc3c(C)cc(=O)oc3c2c1-c1ccccc1.Cc1cc(=O)oc2c1ccc1oc(C(=O)OC(C)(C)C)c(-c3ccccc3)c12.Cc1cc(=O)oc2c1ccc1oc(C(=O)OCc3ccccc3)c(-c3ccccc3)c12. The van der Waals surface area contributed by atoms with Crippen LogP contribution in [0.2, 0.25) is 0 Å². The van der Waals surface area contributed by atoms with E-state index in [2.05, 4.69) is 0 Å². The van der Waals surface area contributed by atoms with Crippen LogP contribution in [0.3, 0.4) is 0 Å². The van der Waals surface area contributed by atoms with Gasteiger partial charge in [-0.1, -0.05) is 182 Å². The van der Waals surface area contributed by atoms with Crippen molar-refractivity contribution in [2.45, 2.75) is 81.4 Å². The largest absolute Gasteiger partial charge is 0.463 e. The number of rotatable bonds is 13. The van der Waals surface area contributed by atoms with Crippen molar-refractivity contribution < 1.29 is 87.1 Å². The molecule has 0 atom stereocenters. The molecule has 0 saturated carbocycles. The van der Waals surface area contributed by atoms with Gasteiger partial charge in [0.25, 0.3) is 0 Å². The maximum absolute atomic E-state index is 13.0. The molecule has 21 aromatic rings. The number of ether oxygens (including phenoxy) is 4. The predicted octanol–water partition coefficient (Wildman–Crippen LogP) is 25.1. The Labute approximate surface area is 760 Å². The molecule has 0 spiro atoms. The van der Waals surface area contributed by atoms with E-state index in [1.807, 2.05) is 253 Å². The summed E-state index contributed by atoms with van der Waals surface area (Å²) in [6, 6.07) is 81.8. The van der Waals surface area contributed by atoms with Crippen LogP contribution in [0.4, 0.5) is 0 Å². The number of carbonyl (C=O) groups is 5. The second kappa shape index (κ2) is 37.1. The highest BCUT2D eigenvalue weighted by atomic mass is 16.6. The van der Waals surface area contributed by atoms with E-state index >= 15 is 0 Å². The molecule has 0 unspecified atom stereocenters. The van der Waals surface area contributed by atoms with Crippen LogP contribution in [0.1, 0.15) is 121 Å². The van der Waals surface area contributed by atoms with Crippen LogP contribution in [-0.2, 0) is 25.6 Å². The number of hydrogen-bond acceptors (Lipinski definition) is 24. The second-order valence-corrected chi connectivity index (χ2v) is 32.5. The summed E-state index contributed by atoms with van der Waals surface area (Å²) in [6.07, 6.45) is 0. The van der Waals surface area contributed by atoms with Crippen LogP contribution in [0.5, 0.6) is 0 Å². The zero-order chi connectivity index (χ0) is 94.1. The van der Waals surface area contributed by atoms with Crippen LogP contribution in [-0.4, -0.2) is 49.0 Å². The van der Waals surface area contributed by atoms with Crippen molar-refractivity contribution >= 4 is 139 Å². The fourth-order valence-corrected chi connectivity index (χ4v) is 16.4. The van der Waals surface area contributed by atoms with Crippen molar-refractivity contribution in [3.63, 3.8) is 0 Å². The standard InChI is InChI=1S/C26H18O5.C23H20O5.C21H16O5.C20H14O5.C20H14O4/c1-16-14-21(27)31-24-19(16)12-13-20-23(24)22(18-10-6-3-7-11-18)25(30-20)26(28)29-15-17-8-4-2-5-9-17;1-13-12-17(24)27-20-15(13)10-11-16-19(20)18(14-8-6-5-7-9-14)21(26-16)22(25)28-23(2,3)4;1-3-24-21(23)20-17(13-7-5-4-6-8-13)18-15(25-20)10-9-14-12(2)11-16(22)26-19(14)18;1-11-10-15(21)25-18-13(11)8-9-14-17(18)16(12-6-4-3-5-7-12)19(24-14)20(22)23-2;1-11-10-16(22)24-20-14(11)8-9-15-18(20)17(19(23-15)12(2)21)13-6-4-3-5-7-13/h2-14H,15H2,1H3;5-12H,1-4H3;4-11H,3H2,1-2H3;3-10H,1-2H3;3-10H,1-2H3. The fraction of sp³-hybridized carbons (Fsp3) is 0.127. The number of fused-ring (bicyclic) bond motifs is 15. The first-order chi connectivity index (χ1) is 64.6. The molecular weight excluding hydrogens is 1710 g/mol. The van der Waals surface area contributed by atoms with Gasteiger partial charge in [0.2, 0.25) is 23.0 Å². The molecule has 0 N–H and O–H groups in total. The van der Waals surface area contributed by atoms with Gasteiger partial charge in [0.05, 0.1) is 40.6 Å². The molecule has 666 valence electrons. The zero-order valence-corrected chi connectivity index (χ0v) is 74.2. The molecule has 24 heteroatoms. The Morgan fingerprint density at radius 2 is 0.515 bits per heavy atom.